The van der Waals surface area contributed by atoms with Gasteiger partial charge in [-0.25, -0.2) is 0 Å². The maximum atomic E-state index is 11.1. The van der Waals surface area contributed by atoms with Crippen LogP contribution < -0.4 is 10.6 Å². The van der Waals surface area contributed by atoms with Gasteiger partial charge in [0.25, 0.3) is 0 Å². The molecule has 0 aliphatic carbocycles. The molecule has 2 rings (SSSR count). The topological polar surface area (TPSA) is 58.2 Å². The second-order valence-electron chi connectivity index (χ2n) is 4.30. The third kappa shape index (κ3) is 5.31. The van der Waals surface area contributed by atoms with E-state index in [0.29, 0.717) is 13.0 Å². The molecule has 21 heavy (non-hydrogen) atoms. The smallest absolute Gasteiger partial charge is 0.228 e. The van der Waals surface area contributed by atoms with E-state index in [0.717, 1.165) is 10.6 Å². The van der Waals surface area contributed by atoms with E-state index in [1.54, 1.807) is 11.8 Å². The van der Waals surface area contributed by atoms with Crippen LogP contribution in [0.25, 0.3) is 0 Å². The first-order valence-electron chi connectivity index (χ1n) is 6.58. The van der Waals surface area contributed by atoms with E-state index < -0.39 is 0 Å². The van der Waals surface area contributed by atoms with Crippen molar-refractivity contribution in [3.8, 4) is 0 Å². The van der Waals surface area contributed by atoms with Crippen molar-refractivity contribution in [3.63, 3.8) is 0 Å². The highest BCUT2D eigenvalue weighted by Gasteiger charge is 2.00. The number of hydrogen-bond donors (Lipinski definition) is 2. The molecule has 0 spiro atoms. The first kappa shape index (κ1) is 15.1. The van der Waals surface area contributed by atoms with E-state index in [9.17, 15) is 9.59 Å². The van der Waals surface area contributed by atoms with Gasteiger partial charge >= 0.3 is 0 Å². The van der Waals surface area contributed by atoms with Crippen LogP contribution in [0.3, 0.4) is 0 Å². The SMILES string of the molecule is O=CNC(=O)CCNc1ccc(Sc2ccccc2)cc1. The Labute approximate surface area is 127 Å². The van der Waals surface area contributed by atoms with Crippen LogP contribution in [0, 0.1) is 0 Å². The first-order chi connectivity index (χ1) is 10.3. The van der Waals surface area contributed by atoms with Crippen molar-refractivity contribution in [1.82, 2.24) is 5.32 Å². The van der Waals surface area contributed by atoms with Gasteiger partial charge in [-0.3, -0.25) is 14.9 Å². The van der Waals surface area contributed by atoms with E-state index in [1.165, 1.54) is 4.90 Å². The van der Waals surface area contributed by atoms with Crippen molar-refractivity contribution < 1.29 is 9.59 Å². The van der Waals surface area contributed by atoms with Gasteiger partial charge in [-0.05, 0) is 36.4 Å². The molecule has 0 aliphatic rings. The van der Waals surface area contributed by atoms with Crippen LogP contribution in [0.2, 0.25) is 0 Å². The summed E-state index contributed by atoms with van der Waals surface area (Å²) in [6, 6.07) is 18.2. The maximum Gasteiger partial charge on any atom is 0.228 e. The summed E-state index contributed by atoms with van der Waals surface area (Å²) in [6.07, 6.45) is 0.664. The molecule has 2 amide bonds. The molecule has 5 heteroatoms. The van der Waals surface area contributed by atoms with Crippen LogP contribution in [0.1, 0.15) is 6.42 Å². The molecule has 0 bridgehead atoms. The minimum absolute atomic E-state index is 0.263. The second-order valence-corrected chi connectivity index (χ2v) is 5.45. The monoisotopic (exact) mass is 300 g/mol. The highest BCUT2D eigenvalue weighted by atomic mass is 32.2. The van der Waals surface area contributed by atoms with Gasteiger partial charge in [-0.2, -0.15) is 0 Å². The molecule has 2 N–H and O–H groups in total. The summed E-state index contributed by atoms with van der Waals surface area (Å²) in [5.74, 6) is -0.284. The molecule has 0 aliphatic heterocycles. The third-order valence-corrected chi connectivity index (χ3v) is 3.75. The lowest BCUT2D eigenvalue weighted by atomic mass is 10.3. The summed E-state index contributed by atoms with van der Waals surface area (Å²) < 4.78 is 0. The van der Waals surface area contributed by atoms with Gasteiger partial charge in [-0.15, -0.1) is 0 Å². The van der Waals surface area contributed by atoms with E-state index in [4.69, 9.17) is 0 Å². The molecule has 0 radical (unpaired) electrons. The lowest BCUT2D eigenvalue weighted by molar-refractivity contribution is -0.125. The van der Waals surface area contributed by atoms with Crippen LogP contribution >= 0.6 is 11.8 Å². The summed E-state index contributed by atoms with van der Waals surface area (Å²) in [6.45, 7) is 0.491. The van der Waals surface area contributed by atoms with Gasteiger partial charge in [-0.1, -0.05) is 30.0 Å². The predicted octanol–water partition coefficient (Wildman–Crippen LogP) is 2.91. The average molecular weight is 300 g/mol. The van der Waals surface area contributed by atoms with Crippen LogP contribution in [-0.4, -0.2) is 18.9 Å². The molecule has 4 nitrogen and oxygen atoms in total. The summed E-state index contributed by atoms with van der Waals surface area (Å²) >= 11 is 1.70. The largest absolute Gasteiger partial charge is 0.385 e. The fourth-order valence-electron chi connectivity index (χ4n) is 1.72. The van der Waals surface area contributed by atoms with Crippen LogP contribution in [0.4, 0.5) is 5.69 Å². The summed E-state index contributed by atoms with van der Waals surface area (Å²) in [7, 11) is 0. The molecule has 2 aromatic carbocycles. The number of imide groups is 1. The molecule has 0 unspecified atom stereocenters. The molecule has 0 saturated heterocycles. The Bertz CT molecular complexity index is 585. The molecule has 0 atom stereocenters. The van der Waals surface area contributed by atoms with E-state index in [-0.39, 0.29) is 12.3 Å². The van der Waals surface area contributed by atoms with Gasteiger partial charge in [0.2, 0.25) is 12.3 Å². The third-order valence-electron chi connectivity index (χ3n) is 2.73. The zero-order valence-electron chi connectivity index (χ0n) is 11.4. The average Bonchev–Trinajstić information content (AvgIpc) is 2.50. The van der Waals surface area contributed by atoms with E-state index in [1.807, 2.05) is 42.5 Å². The fourth-order valence-corrected chi connectivity index (χ4v) is 2.56. The van der Waals surface area contributed by atoms with Gasteiger partial charge < -0.3 is 5.32 Å². The van der Waals surface area contributed by atoms with Gasteiger partial charge in [0, 0.05) is 28.4 Å². The van der Waals surface area contributed by atoms with Crippen molar-refractivity contribution in [2.24, 2.45) is 0 Å². The molecule has 108 valence electrons. The Morgan fingerprint density at radius 3 is 2.33 bits per heavy atom. The normalized spacial score (nSPS) is 9.90. The zero-order valence-corrected chi connectivity index (χ0v) is 12.2. The molecule has 2 aromatic rings. The number of nitrogens with one attached hydrogen (secondary N) is 2. The minimum Gasteiger partial charge on any atom is -0.385 e. The Hall–Kier alpha value is -2.27. The molecule has 0 saturated carbocycles. The minimum atomic E-state index is -0.284. The van der Waals surface area contributed by atoms with Crippen molar-refractivity contribution >= 4 is 29.8 Å². The quantitative estimate of drug-likeness (QED) is 0.772. The highest BCUT2D eigenvalue weighted by Crippen LogP contribution is 2.28. The highest BCUT2D eigenvalue weighted by molar-refractivity contribution is 7.99. The molecule has 0 heterocycles. The van der Waals surface area contributed by atoms with Crippen molar-refractivity contribution in [3.05, 3.63) is 54.6 Å². The zero-order chi connectivity index (χ0) is 14.9. The second kappa shape index (κ2) is 8.11. The number of carbonyl (C=O) groups excluding carboxylic acids is 2. The number of amides is 2. The van der Waals surface area contributed by atoms with Gasteiger partial charge in [0.05, 0.1) is 0 Å². The number of anilines is 1. The number of rotatable bonds is 7. The molecule has 0 aromatic heterocycles. The Balaban J connectivity index is 1.82. The van der Waals surface area contributed by atoms with Crippen molar-refractivity contribution in [1.29, 1.82) is 0 Å². The summed E-state index contributed by atoms with van der Waals surface area (Å²) in [5.41, 5.74) is 0.950. The lowest BCUT2D eigenvalue weighted by Crippen LogP contribution is -2.23. The van der Waals surface area contributed by atoms with Gasteiger partial charge in [0.1, 0.15) is 0 Å². The molecular weight excluding hydrogens is 284 g/mol. The van der Waals surface area contributed by atoms with Crippen LogP contribution in [0.15, 0.2) is 64.4 Å². The first-order valence-corrected chi connectivity index (χ1v) is 7.39. The predicted molar refractivity (Wildman–Crippen MR) is 84.3 cm³/mol. The Morgan fingerprint density at radius 1 is 1.00 bits per heavy atom. The number of benzene rings is 2. The van der Waals surface area contributed by atoms with E-state index in [2.05, 4.69) is 22.8 Å². The Kier molecular flexibility index (Phi) is 5.84. The molecule has 0 fully saturated rings. The fraction of sp³-hybridized carbons (Fsp3) is 0.125. The van der Waals surface area contributed by atoms with Crippen molar-refractivity contribution in [2.45, 2.75) is 16.2 Å². The van der Waals surface area contributed by atoms with Gasteiger partial charge in [0.15, 0.2) is 0 Å². The Morgan fingerprint density at radius 2 is 1.67 bits per heavy atom. The van der Waals surface area contributed by atoms with Crippen LogP contribution in [0.5, 0.6) is 0 Å². The standard InChI is InChI=1S/C16H16N2O2S/c19-12-18-16(20)10-11-17-13-6-8-15(9-7-13)21-14-4-2-1-3-5-14/h1-9,12,17H,10-11H2,(H,18,19,20). The number of hydrogen-bond acceptors (Lipinski definition) is 4. The maximum absolute atomic E-state index is 11.1. The summed E-state index contributed by atoms with van der Waals surface area (Å²) in [5, 5.41) is 5.24. The number of carbonyl (C=O) groups is 2. The summed E-state index contributed by atoms with van der Waals surface area (Å²) in [4.78, 5) is 23.5. The van der Waals surface area contributed by atoms with Crippen molar-refractivity contribution in [2.75, 3.05) is 11.9 Å². The van der Waals surface area contributed by atoms with Crippen LogP contribution in [-0.2, 0) is 9.59 Å². The van der Waals surface area contributed by atoms with E-state index >= 15 is 0 Å². The molecular formula is C16H16N2O2S. The lowest BCUT2D eigenvalue weighted by Gasteiger charge is -2.07.